The van der Waals surface area contributed by atoms with E-state index in [2.05, 4.69) is 20.7 Å². The van der Waals surface area contributed by atoms with E-state index in [1.54, 1.807) is 4.80 Å². The van der Waals surface area contributed by atoms with Gasteiger partial charge in [-0.15, -0.1) is 10.2 Å². The van der Waals surface area contributed by atoms with Crippen molar-refractivity contribution in [1.29, 1.82) is 0 Å². The Bertz CT molecular complexity index is 533. The fraction of sp³-hybridized carbons (Fsp3) is 0.417. The Kier molecular flexibility index (Phi) is 3.25. The summed E-state index contributed by atoms with van der Waals surface area (Å²) < 4.78 is 0. The van der Waals surface area contributed by atoms with Crippen LogP contribution in [0.4, 0.5) is 0 Å². The highest BCUT2D eigenvalue weighted by Gasteiger charge is 2.20. The first kappa shape index (κ1) is 11.6. The van der Waals surface area contributed by atoms with Gasteiger partial charge in [-0.1, -0.05) is 23.7 Å². The Hall–Kier alpha value is -1.46. The van der Waals surface area contributed by atoms with Crippen LogP contribution in [0.1, 0.15) is 30.3 Å². The first-order valence-electron chi connectivity index (χ1n) is 6.07. The molecule has 0 amide bonds. The highest BCUT2D eigenvalue weighted by atomic mass is 35.5. The van der Waals surface area contributed by atoms with Crippen LogP contribution in [0.3, 0.4) is 0 Å². The van der Waals surface area contributed by atoms with E-state index in [4.69, 9.17) is 11.6 Å². The zero-order valence-electron chi connectivity index (χ0n) is 9.88. The average Bonchev–Trinajstić information content (AvgIpc) is 2.98. The Morgan fingerprint density at radius 2 is 2.39 bits per heavy atom. The molecule has 0 aliphatic carbocycles. The van der Waals surface area contributed by atoms with Crippen LogP contribution in [0, 0.1) is 0 Å². The van der Waals surface area contributed by atoms with Gasteiger partial charge in [0.25, 0.3) is 0 Å². The van der Waals surface area contributed by atoms with Gasteiger partial charge in [-0.2, -0.15) is 4.80 Å². The SMILES string of the molecule is Clc1cccc(Cn2nnc(C3CCCN3)n2)c1. The Balaban J connectivity index is 1.73. The predicted octanol–water partition coefficient (Wildman–Crippen LogP) is 1.80. The molecule has 1 aromatic heterocycles. The van der Waals surface area contributed by atoms with Gasteiger partial charge in [-0.3, -0.25) is 0 Å². The molecule has 3 rings (SSSR count). The summed E-state index contributed by atoms with van der Waals surface area (Å²) in [4.78, 5) is 1.61. The molecule has 0 radical (unpaired) electrons. The third kappa shape index (κ3) is 2.52. The van der Waals surface area contributed by atoms with Gasteiger partial charge in [0.05, 0.1) is 12.6 Å². The predicted molar refractivity (Wildman–Crippen MR) is 68.3 cm³/mol. The minimum Gasteiger partial charge on any atom is -0.307 e. The lowest BCUT2D eigenvalue weighted by atomic mass is 10.2. The number of nitrogens with zero attached hydrogens (tertiary/aromatic N) is 4. The van der Waals surface area contributed by atoms with Crippen molar-refractivity contribution < 1.29 is 0 Å². The van der Waals surface area contributed by atoms with Gasteiger partial charge in [0.2, 0.25) is 0 Å². The molecule has 0 bridgehead atoms. The second-order valence-electron chi connectivity index (χ2n) is 4.46. The van der Waals surface area contributed by atoms with Crippen molar-refractivity contribution in [2.75, 3.05) is 6.54 Å². The molecule has 1 atom stereocenters. The van der Waals surface area contributed by atoms with Gasteiger partial charge >= 0.3 is 0 Å². The molecule has 5 nitrogen and oxygen atoms in total. The summed E-state index contributed by atoms with van der Waals surface area (Å²) in [6, 6.07) is 7.96. The van der Waals surface area contributed by atoms with Crippen molar-refractivity contribution in [2.45, 2.75) is 25.4 Å². The number of nitrogens with one attached hydrogen (secondary N) is 1. The van der Waals surface area contributed by atoms with Crippen molar-refractivity contribution in [3.63, 3.8) is 0 Å². The third-order valence-electron chi connectivity index (χ3n) is 3.05. The van der Waals surface area contributed by atoms with Crippen LogP contribution in [0.25, 0.3) is 0 Å². The molecule has 1 fully saturated rings. The number of tetrazole rings is 1. The summed E-state index contributed by atoms with van der Waals surface area (Å²) in [5.41, 5.74) is 1.07. The van der Waals surface area contributed by atoms with Crippen LogP contribution in [-0.2, 0) is 6.54 Å². The first-order chi connectivity index (χ1) is 8.81. The lowest BCUT2D eigenvalue weighted by Crippen LogP contribution is -2.14. The fourth-order valence-corrected chi connectivity index (χ4v) is 2.38. The maximum Gasteiger partial charge on any atom is 0.191 e. The average molecular weight is 264 g/mol. The lowest BCUT2D eigenvalue weighted by Gasteiger charge is -2.03. The summed E-state index contributed by atoms with van der Waals surface area (Å²) in [5.74, 6) is 0.787. The Morgan fingerprint density at radius 3 is 3.17 bits per heavy atom. The molecular formula is C12H14ClN5. The van der Waals surface area contributed by atoms with E-state index < -0.39 is 0 Å². The standard InChI is InChI=1S/C12H14ClN5/c13-10-4-1-3-9(7-10)8-18-16-12(15-17-18)11-5-2-6-14-11/h1,3-4,7,11,14H,2,5-6,8H2. The number of halogens is 1. The normalized spacial score (nSPS) is 19.3. The molecule has 18 heavy (non-hydrogen) atoms. The molecule has 0 spiro atoms. The molecule has 94 valence electrons. The maximum absolute atomic E-state index is 5.94. The van der Waals surface area contributed by atoms with Gasteiger partial charge in [-0.25, -0.2) is 0 Å². The number of rotatable bonds is 3. The van der Waals surface area contributed by atoms with Gasteiger partial charge in [0.1, 0.15) is 0 Å². The minimum atomic E-state index is 0.262. The number of benzene rings is 1. The van der Waals surface area contributed by atoms with E-state index in [1.165, 1.54) is 6.42 Å². The topological polar surface area (TPSA) is 55.6 Å². The van der Waals surface area contributed by atoms with Gasteiger partial charge < -0.3 is 5.32 Å². The molecule has 1 aliphatic rings. The van der Waals surface area contributed by atoms with Gasteiger partial charge in [0.15, 0.2) is 5.82 Å². The second-order valence-corrected chi connectivity index (χ2v) is 4.89. The largest absolute Gasteiger partial charge is 0.307 e. The summed E-state index contributed by atoms with van der Waals surface area (Å²) >= 11 is 5.94. The fourth-order valence-electron chi connectivity index (χ4n) is 2.17. The van der Waals surface area contributed by atoms with Crippen molar-refractivity contribution in [1.82, 2.24) is 25.5 Å². The molecule has 1 aliphatic heterocycles. The van der Waals surface area contributed by atoms with Crippen LogP contribution < -0.4 is 5.32 Å². The highest BCUT2D eigenvalue weighted by Crippen LogP contribution is 2.18. The van der Waals surface area contributed by atoms with Crippen LogP contribution in [0.5, 0.6) is 0 Å². The maximum atomic E-state index is 5.94. The van der Waals surface area contributed by atoms with E-state index in [-0.39, 0.29) is 6.04 Å². The molecular weight excluding hydrogens is 250 g/mol. The third-order valence-corrected chi connectivity index (χ3v) is 3.29. The number of hydrogen-bond donors (Lipinski definition) is 1. The van der Waals surface area contributed by atoms with E-state index in [1.807, 2.05) is 24.3 Å². The summed E-state index contributed by atoms with van der Waals surface area (Å²) in [6.45, 7) is 1.63. The van der Waals surface area contributed by atoms with Crippen LogP contribution in [0.15, 0.2) is 24.3 Å². The van der Waals surface area contributed by atoms with E-state index in [0.29, 0.717) is 6.54 Å². The van der Waals surface area contributed by atoms with Crippen molar-refractivity contribution >= 4 is 11.6 Å². The summed E-state index contributed by atoms with van der Waals surface area (Å²) in [7, 11) is 0. The highest BCUT2D eigenvalue weighted by molar-refractivity contribution is 6.30. The molecule has 0 saturated carbocycles. The summed E-state index contributed by atoms with van der Waals surface area (Å²) in [6.07, 6.45) is 2.26. The first-order valence-corrected chi connectivity index (χ1v) is 6.44. The lowest BCUT2D eigenvalue weighted by molar-refractivity contribution is 0.557. The quantitative estimate of drug-likeness (QED) is 0.918. The van der Waals surface area contributed by atoms with Crippen LogP contribution in [0.2, 0.25) is 5.02 Å². The monoisotopic (exact) mass is 263 g/mol. The molecule has 1 N–H and O–H groups in total. The molecule has 1 aromatic carbocycles. The van der Waals surface area contributed by atoms with Crippen LogP contribution >= 0.6 is 11.6 Å². The van der Waals surface area contributed by atoms with Gasteiger partial charge in [0, 0.05) is 5.02 Å². The summed E-state index contributed by atoms with van der Waals surface area (Å²) in [5, 5.41) is 16.7. The smallest absolute Gasteiger partial charge is 0.191 e. The second kappa shape index (κ2) is 5.04. The van der Waals surface area contributed by atoms with Gasteiger partial charge in [-0.05, 0) is 42.3 Å². The van der Waals surface area contributed by atoms with Crippen molar-refractivity contribution in [3.8, 4) is 0 Å². The van der Waals surface area contributed by atoms with E-state index >= 15 is 0 Å². The van der Waals surface area contributed by atoms with Crippen molar-refractivity contribution in [3.05, 3.63) is 40.7 Å². The Morgan fingerprint density at radius 1 is 1.44 bits per heavy atom. The number of hydrogen-bond acceptors (Lipinski definition) is 4. The molecule has 2 aromatic rings. The van der Waals surface area contributed by atoms with Crippen LogP contribution in [-0.4, -0.2) is 26.8 Å². The minimum absolute atomic E-state index is 0.262. The van der Waals surface area contributed by atoms with E-state index in [9.17, 15) is 0 Å². The number of aromatic nitrogens is 4. The Labute approximate surface area is 110 Å². The zero-order chi connectivity index (χ0) is 12.4. The molecule has 1 saturated heterocycles. The molecule has 2 heterocycles. The molecule has 1 unspecified atom stereocenters. The molecule has 6 heteroatoms. The zero-order valence-corrected chi connectivity index (χ0v) is 10.6. The van der Waals surface area contributed by atoms with E-state index in [0.717, 1.165) is 29.4 Å². The van der Waals surface area contributed by atoms with Crippen molar-refractivity contribution in [2.24, 2.45) is 0 Å².